The van der Waals surface area contributed by atoms with E-state index in [1.54, 1.807) is 29.5 Å². The smallest absolute Gasteiger partial charge is 0.101 e. The number of para-hydroxylation sites is 1. The Balaban J connectivity index is 2.24. The van der Waals surface area contributed by atoms with Gasteiger partial charge in [0.2, 0.25) is 0 Å². The summed E-state index contributed by atoms with van der Waals surface area (Å²) in [4.78, 5) is 1.14. The lowest BCUT2D eigenvalue weighted by molar-refractivity contribution is 1.18. The first-order valence-electron chi connectivity index (χ1n) is 5.16. The summed E-state index contributed by atoms with van der Waals surface area (Å²) < 4.78 is 1.06. The van der Waals surface area contributed by atoms with E-state index >= 15 is 0 Å². The van der Waals surface area contributed by atoms with Crippen molar-refractivity contribution < 1.29 is 0 Å². The molecule has 0 fully saturated rings. The van der Waals surface area contributed by atoms with Crippen LogP contribution in [0.2, 0.25) is 0 Å². The van der Waals surface area contributed by atoms with E-state index in [1.165, 1.54) is 0 Å². The molecule has 1 N–H and O–H groups in total. The van der Waals surface area contributed by atoms with Crippen LogP contribution in [0, 0.1) is 22.7 Å². The molecule has 88 valence electrons. The van der Waals surface area contributed by atoms with Gasteiger partial charge in [-0.2, -0.15) is 10.5 Å². The molecule has 0 unspecified atom stereocenters. The van der Waals surface area contributed by atoms with Crippen LogP contribution in [0.1, 0.15) is 16.0 Å². The van der Waals surface area contributed by atoms with E-state index in [4.69, 9.17) is 10.5 Å². The van der Waals surface area contributed by atoms with Crippen molar-refractivity contribution in [3.8, 4) is 12.1 Å². The van der Waals surface area contributed by atoms with Crippen molar-refractivity contribution in [3.63, 3.8) is 0 Å². The van der Waals surface area contributed by atoms with Gasteiger partial charge in [-0.05, 0) is 40.2 Å². The Hall–Kier alpha value is -1.82. The average Bonchev–Trinajstić information content (AvgIpc) is 2.81. The van der Waals surface area contributed by atoms with Crippen LogP contribution in [0.25, 0.3) is 0 Å². The van der Waals surface area contributed by atoms with E-state index in [-0.39, 0.29) is 0 Å². The lowest BCUT2D eigenvalue weighted by atomic mass is 10.1. The lowest BCUT2D eigenvalue weighted by Crippen LogP contribution is -2.02. The molecule has 0 amide bonds. The normalized spacial score (nSPS) is 9.50. The fraction of sp³-hybridized carbons (Fsp3) is 0.0769. The van der Waals surface area contributed by atoms with E-state index in [2.05, 4.69) is 33.4 Å². The van der Waals surface area contributed by atoms with Gasteiger partial charge in [0.05, 0.1) is 20.6 Å². The summed E-state index contributed by atoms with van der Waals surface area (Å²) in [7, 11) is 0. The van der Waals surface area contributed by atoms with Crippen LogP contribution in [0.15, 0.2) is 34.1 Å². The van der Waals surface area contributed by atoms with E-state index in [9.17, 15) is 0 Å². The Morgan fingerprint density at radius 2 is 1.78 bits per heavy atom. The first-order chi connectivity index (χ1) is 8.74. The van der Waals surface area contributed by atoms with Crippen molar-refractivity contribution >= 4 is 33.0 Å². The molecule has 0 spiro atoms. The van der Waals surface area contributed by atoms with Crippen LogP contribution >= 0.6 is 27.3 Å². The molecule has 1 heterocycles. The fourth-order valence-electron chi connectivity index (χ4n) is 1.55. The Kier molecular flexibility index (Phi) is 3.99. The van der Waals surface area contributed by atoms with Crippen molar-refractivity contribution in [2.45, 2.75) is 6.54 Å². The highest BCUT2D eigenvalue weighted by atomic mass is 79.9. The molecule has 0 aliphatic rings. The minimum atomic E-state index is 0.490. The number of nitrogens with one attached hydrogen (secondary N) is 1. The van der Waals surface area contributed by atoms with Crippen molar-refractivity contribution in [1.29, 1.82) is 10.5 Å². The minimum Gasteiger partial charge on any atom is -0.378 e. The standard InChI is InChI=1S/C13H8BrN3S/c14-12-5-4-11(18-12)8-17-13-9(6-15)2-1-3-10(13)7-16/h1-5,17H,8H2. The Labute approximate surface area is 117 Å². The average molecular weight is 318 g/mol. The number of rotatable bonds is 3. The van der Waals surface area contributed by atoms with Crippen LogP contribution < -0.4 is 5.32 Å². The number of anilines is 1. The maximum atomic E-state index is 9.04. The number of nitrogens with zero attached hydrogens (tertiary/aromatic N) is 2. The zero-order valence-electron chi connectivity index (χ0n) is 9.27. The summed E-state index contributed by atoms with van der Waals surface area (Å²) in [6.45, 7) is 0.601. The minimum absolute atomic E-state index is 0.490. The van der Waals surface area contributed by atoms with Gasteiger partial charge in [-0.25, -0.2) is 0 Å². The van der Waals surface area contributed by atoms with E-state index < -0.39 is 0 Å². The van der Waals surface area contributed by atoms with Gasteiger partial charge in [0.25, 0.3) is 0 Å². The monoisotopic (exact) mass is 317 g/mol. The van der Waals surface area contributed by atoms with Gasteiger partial charge < -0.3 is 5.32 Å². The number of nitriles is 2. The third-order valence-corrected chi connectivity index (χ3v) is 4.00. The van der Waals surface area contributed by atoms with Gasteiger partial charge in [0, 0.05) is 11.4 Å². The first kappa shape index (κ1) is 12.6. The van der Waals surface area contributed by atoms with Gasteiger partial charge in [0.1, 0.15) is 12.1 Å². The molecule has 0 aliphatic heterocycles. The second-order valence-corrected chi connectivity index (χ2v) is 6.06. The van der Waals surface area contributed by atoms with Crippen LogP contribution in [0.4, 0.5) is 5.69 Å². The third kappa shape index (κ3) is 2.70. The van der Waals surface area contributed by atoms with Gasteiger partial charge in [-0.15, -0.1) is 11.3 Å². The van der Waals surface area contributed by atoms with Crippen LogP contribution in [-0.4, -0.2) is 0 Å². The topological polar surface area (TPSA) is 59.6 Å². The van der Waals surface area contributed by atoms with Gasteiger partial charge >= 0.3 is 0 Å². The number of hydrogen-bond donors (Lipinski definition) is 1. The summed E-state index contributed by atoms with van der Waals surface area (Å²) in [6, 6.07) is 13.3. The highest BCUT2D eigenvalue weighted by Crippen LogP contribution is 2.25. The second-order valence-electron chi connectivity index (χ2n) is 3.51. The maximum absolute atomic E-state index is 9.04. The molecule has 5 heteroatoms. The van der Waals surface area contributed by atoms with Crippen molar-refractivity contribution in [1.82, 2.24) is 0 Å². The number of benzene rings is 1. The number of halogens is 1. The first-order valence-corrected chi connectivity index (χ1v) is 6.77. The number of hydrogen-bond acceptors (Lipinski definition) is 4. The van der Waals surface area contributed by atoms with E-state index in [1.807, 2.05) is 12.1 Å². The molecule has 1 aromatic carbocycles. The summed E-state index contributed by atoms with van der Waals surface area (Å²) in [6.07, 6.45) is 0. The Bertz CT molecular complexity index is 617. The van der Waals surface area contributed by atoms with Crippen molar-refractivity contribution in [3.05, 3.63) is 50.1 Å². The SMILES string of the molecule is N#Cc1cccc(C#N)c1NCc1ccc(Br)s1. The molecule has 0 aliphatic carbocycles. The van der Waals surface area contributed by atoms with Crippen LogP contribution in [0.3, 0.4) is 0 Å². The van der Waals surface area contributed by atoms with Gasteiger partial charge in [-0.1, -0.05) is 6.07 Å². The molecule has 3 nitrogen and oxygen atoms in total. The largest absolute Gasteiger partial charge is 0.378 e. The molecule has 0 atom stereocenters. The molecule has 1 aromatic heterocycles. The fourth-order valence-corrected chi connectivity index (χ4v) is 2.97. The maximum Gasteiger partial charge on any atom is 0.101 e. The summed E-state index contributed by atoms with van der Waals surface area (Å²) >= 11 is 5.02. The molecule has 2 aromatic rings. The lowest BCUT2D eigenvalue weighted by Gasteiger charge is -2.08. The summed E-state index contributed by atoms with van der Waals surface area (Å²) in [5, 5.41) is 21.2. The van der Waals surface area contributed by atoms with Gasteiger partial charge in [-0.3, -0.25) is 0 Å². The molecular formula is C13H8BrN3S. The quantitative estimate of drug-likeness (QED) is 0.934. The van der Waals surface area contributed by atoms with Crippen LogP contribution in [-0.2, 0) is 6.54 Å². The highest BCUT2D eigenvalue weighted by Gasteiger charge is 2.08. The van der Waals surface area contributed by atoms with Crippen molar-refractivity contribution in [2.75, 3.05) is 5.32 Å². The molecular weight excluding hydrogens is 310 g/mol. The van der Waals surface area contributed by atoms with E-state index in [0.29, 0.717) is 23.4 Å². The highest BCUT2D eigenvalue weighted by molar-refractivity contribution is 9.11. The predicted octanol–water partition coefficient (Wildman–Crippen LogP) is 3.87. The Morgan fingerprint density at radius 1 is 1.11 bits per heavy atom. The second kappa shape index (κ2) is 5.68. The Morgan fingerprint density at radius 3 is 2.28 bits per heavy atom. The molecule has 0 saturated heterocycles. The molecule has 18 heavy (non-hydrogen) atoms. The third-order valence-electron chi connectivity index (χ3n) is 2.37. The molecule has 0 saturated carbocycles. The molecule has 0 bridgehead atoms. The predicted molar refractivity (Wildman–Crippen MR) is 75.2 cm³/mol. The zero-order valence-corrected chi connectivity index (χ0v) is 11.7. The molecule has 0 radical (unpaired) electrons. The van der Waals surface area contributed by atoms with Crippen LogP contribution in [0.5, 0.6) is 0 Å². The number of thiophene rings is 1. The van der Waals surface area contributed by atoms with Crippen molar-refractivity contribution in [2.24, 2.45) is 0 Å². The zero-order chi connectivity index (χ0) is 13.0. The van der Waals surface area contributed by atoms with Gasteiger partial charge in [0.15, 0.2) is 0 Å². The summed E-state index contributed by atoms with van der Waals surface area (Å²) in [5.41, 5.74) is 1.58. The summed E-state index contributed by atoms with van der Waals surface area (Å²) in [5.74, 6) is 0. The van der Waals surface area contributed by atoms with E-state index in [0.717, 1.165) is 8.66 Å². The molecule has 2 rings (SSSR count).